The number of rotatable bonds is 4. The van der Waals surface area contributed by atoms with Crippen LogP contribution in [0.1, 0.15) is 53.7 Å². The van der Waals surface area contributed by atoms with E-state index in [1.54, 1.807) is 0 Å². The van der Waals surface area contributed by atoms with Crippen molar-refractivity contribution >= 4 is 5.91 Å². The third-order valence-electron chi connectivity index (χ3n) is 5.04. The fourth-order valence-electron chi connectivity index (χ4n) is 3.38. The molecular weight excluding hydrogens is 290 g/mol. The van der Waals surface area contributed by atoms with Crippen molar-refractivity contribution in [1.82, 2.24) is 24.6 Å². The lowest BCUT2D eigenvalue weighted by molar-refractivity contribution is 0.0680. The fourth-order valence-corrected chi connectivity index (χ4v) is 3.38. The number of likely N-dealkylation sites (tertiary alicyclic amines) is 1. The molecule has 0 atom stereocenters. The number of aromatic amines is 1. The summed E-state index contributed by atoms with van der Waals surface area (Å²) in [6, 6.07) is 3.81. The smallest absolute Gasteiger partial charge is 0.270 e. The highest BCUT2D eigenvalue weighted by Gasteiger charge is 2.29. The van der Waals surface area contributed by atoms with Gasteiger partial charge in [-0.1, -0.05) is 0 Å². The van der Waals surface area contributed by atoms with Gasteiger partial charge in [-0.05, 0) is 43.7 Å². The summed E-state index contributed by atoms with van der Waals surface area (Å²) in [6.07, 6.45) is 7.41. The van der Waals surface area contributed by atoms with Crippen LogP contribution in [0.2, 0.25) is 0 Å². The molecule has 122 valence electrons. The Kier molecular flexibility index (Phi) is 3.67. The first-order valence-corrected chi connectivity index (χ1v) is 8.52. The molecule has 4 rings (SSSR count). The molecule has 1 N–H and O–H groups in total. The van der Waals surface area contributed by atoms with Crippen LogP contribution in [0.15, 0.2) is 18.3 Å². The van der Waals surface area contributed by atoms with Crippen molar-refractivity contribution in [2.24, 2.45) is 13.0 Å². The fraction of sp³-hybridized carbons (Fsp3) is 0.588. The maximum atomic E-state index is 12.5. The number of amides is 1. The molecule has 23 heavy (non-hydrogen) atoms. The normalized spacial score (nSPS) is 19.3. The number of hydrogen-bond donors (Lipinski definition) is 1. The summed E-state index contributed by atoms with van der Waals surface area (Å²) < 4.78 is 1.89. The molecule has 6 heteroatoms. The van der Waals surface area contributed by atoms with E-state index in [9.17, 15) is 4.79 Å². The second kappa shape index (κ2) is 5.83. The van der Waals surface area contributed by atoms with Crippen molar-refractivity contribution in [2.45, 2.75) is 38.0 Å². The number of hydrogen-bond acceptors (Lipinski definition) is 3. The predicted octanol–water partition coefficient (Wildman–Crippen LogP) is 2.12. The molecule has 0 unspecified atom stereocenters. The second-order valence-electron chi connectivity index (χ2n) is 6.86. The van der Waals surface area contributed by atoms with Crippen LogP contribution >= 0.6 is 0 Å². The molecule has 6 nitrogen and oxygen atoms in total. The van der Waals surface area contributed by atoms with Crippen LogP contribution in [-0.4, -0.2) is 43.6 Å². The standard InChI is InChI=1S/C17H23N5O/c1-21-8-2-3-14(21)17(23)22-9-6-12(7-10-22)11-15-18-16(20-19-15)13-4-5-13/h2-3,8,12-13H,4-7,9-11H2,1H3,(H,18,19,20). The molecule has 0 spiro atoms. The van der Waals surface area contributed by atoms with Gasteiger partial charge >= 0.3 is 0 Å². The Bertz CT molecular complexity index is 691. The zero-order chi connectivity index (χ0) is 15.8. The number of nitrogens with zero attached hydrogens (tertiary/aromatic N) is 4. The number of aryl methyl sites for hydroxylation is 1. The summed E-state index contributed by atoms with van der Waals surface area (Å²) in [6.45, 7) is 1.66. The molecular formula is C17H23N5O. The first kappa shape index (κ1) is 14.5. The number of H-pyrrole nitrogens is 1. The molecule has 1 amide bonds. The lowest BCUT2D eigenvalue weighted by Gasteiger charge is -2.31. The Morgan fingerprint density at radius 1 is 1.30 bits per heavy atom. The maximum Gasteiger partial charge on any atom is 0.270 e. The number of aromatic nitrogens is 4. The zero-order valence-electron chi connectivity index (χ0n) is 13.5. The largest absolute Gasteiger partial charge is 0.347 e. The molecule has 1 aliphatic heterocycles. The van der Waals surface area contributed by atoms with Crippen LogP contribution in [0.3, 0.4) is 0 Å². The molecule has 1 aliphatic carbocycles. The molecule has 0 bridgehead atoms. The molecule has 2 fully saturated rings. The van der Waals surface area contributed by atoms with E-state index in [0.717, 1.165) is 49.7 Å². The lowest BCUT2D eigenvalue weighted by atomic mass is 9.93. The molecule has 0 aromatic carbocycles. The van der Waals surface area contributed by atoms with Crippen molar-refractivity contribution in [1.29, 1.82) is 0 Å². The van der Waals surface area contributed by atoms with Gasteiger partial charge in [0.1, 0.15) is 11.5 Å². The van der Waals surface area contributed by atoms with Gasteiger partial charge in [0.2, 0.25) is 0 Å². The second-order valence-corrected chi connectivity index (χ2v) is 6.86. The van der Waals surface area contributed by atoms with Gasteiger partial charge in [0.05, 0.1) is 0 Å². The van der Waals surface area contributed by atoms with Crippen LogP contribution < -0.4 is 0 Å². The van der Waals surface area contributed by atoms with Gasteiger partial charge in [-0.15, -0.1) is 0 Å². The van der Waals surface area contributed by atoms with Gasteiger partial charge in [-0.25, -0.2) is 4.98 Å². The van der Waals surface area contributed by atoms with Crippen LogP contribution in [-0.2, 0) is 13.5 Å². The summed E-state index contributed by atoms with van der Waals surface area (Å²) in [5.41, 5.74) is 0.771. The van der Waals surface area contributed by atoms with Crippen molar-refractivity contribution < 1.29 is 4.79 Å². The van der Waals surface area contributed by atoms with E-state index in [2.05, 4.69) is 15.2 Å². The third kappa shape index (κ3) is 3.02. The average Bonchev–Trinajstić information content (AvgIpc) is 3.16. The third-order valence-corrected chi connectivity index (χ3v) is 5.04. The highest BCUT2D eigenvalue weighted by molar-refractivity contribution is 5.92. The van der Waals surface area contributed by atoms with E-state index in [-0.39, 0.29) is 5.91 Å². The van der Waals surface area contributed by atoms with E-state index in [1.807, 2.05) is 34.8 Å². The summed E-state index contributed by atoms with van der Waals surface area (Å²) in [4.78, 5) is 19.1. The predicted molar refractivity (Wildman–Crippen MR) is 86.1 cm³/mol. The first-order chi connectivity index (χ1) is 11.2. The topological polar surface area (TPSA) is 66.8 Å². The van der Waals surface area contributed by atoms with E-state index >= 15 is 0 Å². The minimum Gasteiger partial charge on any atom is -0.347 e. The molecule has 1 saturated carbocycles. The van der Waals surface area contributed by atoms with Gasteiger partial charge in [0, 0.05) is 38.7 Å². The number of piperidine rings is 1. The Balaban J connectivity index is 1.31. The maximum absolute atomic E-state index is 12.5. The summed E-state index contributed by atoms with van der Waals surface area (Å²) in [5, 5.41) is 7.42. The van der Waals surface area contributed by atoms with E-state index < -0.39 is 0 Å². The van der Waals surface area contributed by atoms with E-state index in [4.69, 9.17) is 0 Å². The molecule has 0 radical (unpaired) electrons. The SMILES string of the molecule is Cn1cccc1C(=O)N1CCC(Cc2nc(C3CC3)n[nH]2)CC1. The molecule has 2 aliphatic rings. The Morgan fingerprint density at radius 2 is 2.09 bits per heavy atom. The van der Waals surface area contributed by atoms with Gasteiger partial charge in [0.15, 0.2) is 5.82 Å². The van der Waals surface area contributed by atoms with Crippen molar-refractivity contribution in [3.8, 4) is 0 Å². The van der Waals surface area contributed by atoms with Gasteiger partial charge < -0.3 is 9.47 Å². The monoisotopic (exact) mass is 313 g/mol. The van der Waals surface area contributed by atoms with Crippen molar-refractivity contribution in [2.75, 3.05) is 13.1 Å². The zero-order valence-corrected chi connectivity index (χ0v) is 13.5. The van der Waals surface area contributed by atoms with Gasteiger partial charge in [-0.2, -0.15) is 5.10 Å². The van der Waals surface area contributed by atoms with Gasteiger partial charge in [0.25, 0.3) is 5.91 Å². The first-order valence-electron chi connectivity index (χ1n) is 8.52. The molecule has 3 heterocycles. The van der Waals surface area contributed by atoms with E-state index in [0.29, 0.717) is 11.8 Å². The summed E-state index contributed by atoms with van der Waals surface area (Å²) in [7, 11) is 1.92. The Morgan fingerprint density at radius 3 is 2.74 bits per heavy atom. The van der Waals surface area contributed by atoms with Crippen LogP contribution in [0, 0.1) is 5.92 Å². The van der Waals surface area contributed by atoms with Crippen molar-refractivity contribution in [3.05, 3.63) is 35.7 Å². The van der Waals surface area contributed by atoms with Crippen LogP contribution in [0.5, 0.6) is 0 Å². The average molecular weight is 313 g/mol. The summed E-state index contributed by atoms with van der Waals surface area (Å²) in [5.74, 6) is 3.35. The van der Waals surface area contributed by atoms with E-state index in [1.165, 1.54) is 12.8 Å². The molecule has 1 saturated heterocycles. The van der Waals surface area contributed by atoms with Crippen LogP contribution in [0.25, 0.3) is 0 Å². The molecule has 2 aromatic heterocycles. The minimum atomic E-state index is 0.145. The number of nitrogens with one attached hydrogen (secondary N) is 1. The quantitative estimate of drug-likeness (QED) is 0.940. The number of carbonyl (C=O) groups is 1. The van der Waals surface area contributed by atoms with Crippen LogP contribution in [0.4, 0.5) is 0 Å². The Labute approximate surface area is 135 Å². The molecule has 2 aromatic rings. The number of carbonyl (C=O) groups excluding carboxylic acids is 1. The minimum absolute atomic E-state index is 0.145. The van der Waals surface area contributed by atoms with Gasteiger partial charge in [-0.3, -0.25) is 9.89 Å². The highest BCUT2D eigenvalue weighted by Crippen LogP contribution is 2.37. The Hall–Kier alpha value is -2.11. The highest BCUT2D eigenvalue weighted by atomic mass is 16.2. The van der Waals surface area contributed by atoms with Crippen molar-refractivity contribution in [3.63, 3.8) is 0 Å². The lowest BCUT2D eigenvalue weighted by Crippen LogP contribution is -2.39. The summed E-state index contributed by atoms with van der Waals surface area (Å²) >= 11 is 0.